The van der Waals surface area contributed by atoms with E-state index in [1.807, 2.05) is 26.0 Å². The molecule has 2 N–H and O–H groups in total. The quantitative estimate of drug-likeness (QED) is 0.878. The van der Waals surface area contributed by atoms with Crippen LogP contribution in [0.5, 0.6) is 0 Å². The van der Waals surface area contributed by atoms with Crippen LogP contribution in [0.15, 0.2) is 36.7 Å². The second-order valence-corrected chi connectivity index (χ2v) is 6.67. The minimum absolute atomic E-state index is 0.0639. The number of aromatic nitrogens is 2. The van der Waals surface area contributed by atoms with Gasteiger partial charge in [0, 0.05) is 25.2 Å². The number of nitrogens with zero attached hydrogens (tertiary/aromatic N) is 3. The minimum atomic E-state index is -0.359. The van der Waals surface area contributed by atoms with Crippen LogP contribution >= 0.6 is 11.6 Å². The molecule has 132 valence electrons. The molecule has 25 heavy (non-hydrogen) atoms. The summed E-state index contributed by atoms with van der Waals surface area (Å²) >= 11 is 6.16. The van der Waals surface area contributed by atoms with Gasteiger partial charge in [-0.25, -0.2) is 4.79 Å². The Labute approximate surface area is 150 Å². The van der Waals surface area contributed by atoms with Crippen molar-refractivity contribution in [2.75, 3.05) is 16.8 Å². The molecule has 3 amide bonds. The Bertz CT molecular complexity index is 789. The number of urea groups is 1. The van der Waals surface area contributed by atoms with Crippen LogP contribution in [0.4, 0.5) is 16.2 Å². The van der Waals surface area contributed by atoms with E-state index in [0.29, 0.717) is 22.9 Å². The highest BCUT2D eigenvalue weighted by atomic mass is 35.5. The van der Waals surface area contributed by atoms with E-state index in [0.717, 1.165) is 0 Å². The highest BCUT2D eigenvalue weighted by Crippen LogP contribution is 2.29. The smallest absolute Gasteiger partial charge is 0.319 e. The van der Waals surface area contributed by atoms with Crippen molar-refractivity contribution < 1.29 is 9.59 Å². The van der Waals surface area contributed by atoms with Gasteiger partial charge in [0.2, 0.25) is 5.91 Å². The molecule has 0 saturated carbocycles. The fourth-order valence-electron chi connectivity index (χ4n) is 2.75. The Morgan fingerprint density at radius 1 is 1.36 bits per heavy atom. The number of nitrogens with one attached hydrogen (secondary N) is 2. The van der Waals surface area contributed by atoms with Crippen LogP contribution < -0.4 is 15.5 Å². The van der Waals surface area contributed by atoms with Gasteiger partial charge < -0.3 is 15.5 Å². The molecule has 1 aromatic heterocycles. The molecule has 1 unspecified atom stereocenters. The van der Waals surface area contributed by atoms with Crippen molar-refractivity contribution in [1.82, 2.24) is 15.1 Å². The predicted octanol–water partition coefficient (Wildman–Crippen LogP) is 3.04. The molecule has 2 heterocycles. The van der Waals surface area contributed by atoms with Gasteiger partial charge in [0.15, 0.2) is 0 Å². The van der Waals surface area contributed by atoms with Crippen molar-refractivity contribution in [3.8, 4) is 0 Å². The van der Waals surface area contributed by atoms with E-state index < -0.39 is 0 Å². The molecule has 1 aliphatic heterocycles. The van der Waals surface area contributed by atoms with E-state index in [9.17, 15) is 9.59 Å². The molecule has 1 saturated heterocycles. The number of rotatable bonds is 4. The summed E-state index contributed by atoms with van der Waals surface area (Å²) in [7, 11) is 0. The molecule has 2 aromatic rings. The number of halogens is 1. The average Bonchev–Trinajstić information content (AvgIpc) is 3.15. The first kappa shape index (κ1) is 17.3. The summed E-state index contributed by atoms with van der Waals surface area (Å²) in [5, 5.41) is 10.2. The topological polar surface area (TPSA) is 79.3 Å². The first-order chi connectivity index (χ1) is 11.9. The lowest BCUT2D eigenvalue weighted by Crippen LogP contribution is -2.39. The molecule has 7 nitrogen and oxygen atoms in total. The van der Waals surface area contributed by atoms with Crippen LogP contribution in [-0.2, 0) is 4.79 Å². The molecule has 1 aromatic carbocycles. The van der Waals surface area contributed by atoms with Crippen LogP contribution in [0, 0.1) is 0 Å². The normalized spacial score (nSPS) is 17.2. The van der Waals surface area contributed by atoms with Gasteiger partial charge in [-0.05, 0) is 26.0 Å². The van der Waals surface area contributed by atoms with Gasteiger partial charge in [0.1, 0.15) is 0 Å². The lowest BCUT2D eigenvalue weighted by atomic mass is 10.2. The third kappa shape index (κ3) is 3.93. The van der Waals surface area contributed by atoms with E-state index in [-0.39, 0.29) is 30.4 Å². The van der Waals surface area contributed by atoms with Crippen molar-refractivity contribution >= 4 is 34.9 Å². The van der Waals surface area contributed by atoms with Crippen molar-refractivity contribution in [3.05, 3.63) is 41.7 Å². The second-order valence-electron chi connectivity index (χ2n) is 6.26. The standard InChI is InChI=1S/C17H20ClN5O2/c1-11(2)23-10-13(8-19-23)21-17(25)20-12-7-16(24)22(9-12)15-6-4-3-5-14(15)18/h3-6,8,10-12H,7,9H2,1-2H3,(H2,20,21,25). The maximum absolute atomic E-state index is 12.2. The molecule has 0 radical (unpaired) electrons. The molecular weight excluding hydrogens is 342 g/mol. The fourth-order valence-corrected chi connectivity index (χ4v) is 2.98. The minimum Gasteiger partial charge on any atom is -0.333 e. The molecule has 0 aliphatic carbocycles. The molecule has 1 fully saturated rings. The van der Waals surface area contributed by atoms with Gasteiger partial charge in [-0.15, -0.1) is 0 Å². The summed E-state index contributed by atoms with van der Waals surface area (Å²) in [6, 6.07) is 6.76. The fraction of sp³-hybridized carbons (Fsp3) is 0.353. The summed E-state index contributed by atoms with van der Waals surface area (Å²) < 4.78 is 1.76. The number of carbonyl (C=O) groups excluding carboxylic acids is 2. The molecule has 8 heteroatoms. The SMILES string of the molecule is CC(C)n1cc(NC(=O)NC2CC(=O)N(c3ccccc3Cl)C2)cn1. The van der Waals surface area contributed by atoms with Crippen LogP contribution in [0.1, 0.15) is 26.3 Å². The van der Waals surface area contributed by atoms with Crippen LogP contribution in [0.25, 0.3) is 0 Å². The zero-order valence-corrected chi connectivity index (χ0v) is 14.8. The molecular formula is C17H20ClN5O2. The number of hydrogen-bond acceptors (Lipinski definition) is 3. The van der Waals surface area contributed by atoms with Crippen molar-refractivity contribution in [2.45, 2.75) is 32.4 Å². The maximum Gasteiger partial charge on any atom is 0.319 e. The van der Waals surface area contributed by atoms with Crippen molar-refractivity contribution in [3.63, 3.8) is 0 Å². The molecule has 0 spiro atoms. The summed E-state index contributed by atoms with van der Waals surface area (Å²) in [5.74, 6) is -0.0639. The highest BCUT2D eigenvalue weighted by molar-refractivity contribution is 6.33. The summed E-state index contributed by atoms with van der Waals surface area (Å²) in [6.07, 6.45) is 3.60. The largest absolute Gasteiger partial charge is 0.333 e. The highest BCUT2D eigenvalue weighted by Gasteiger charge is 2.32. The Morgan fingerprint density at radius 3 is 2.80 bits per heavy atom. The molecule has 3 rings (SSSR count). The van der Waals surface area contributed by atoms with Gasteiger partial charge >= 0.3 is 6.03 Å². The summed E-state index contributed by atoms with van der Waals surface area (Å²) in [4.78, 5) is 26.0. The van der Waals surface area contributed by atoms with E-state index in [4.69, 9.17) is 11.6 Å². The van der Waals surface area contributed by atoms with Crippen molar-refractivity contribution in [1.29, 1.82) is 0 Å². The zero-order chi connectivity index (χ0) is 18.0. The van der Waals surface area contributed by atoms with Gasteiger partial charge in [-0.2, -0.15) is 5.10 Å². The summed E-state index contributed by atoms with van der Waals surface area (Å²) in [6.45, 7) is 4.40. The number of benzene rings is 1. The number of hydrogen-bond donors (Lipinski definition) is 2. The van der Waals surface area contributed by atoms with Crippen LogP contribution in [0.2, 0.25) is 5.02 Å². The predicted molar refractivity (Wildman–Crippen MR) is 97.0 cm³/mol. The molecule has 0 bridgehead atoms. The Kier molecular flexibility index (Phi) is 4.94. The Balaban J connectivity index is 1.59. The van der Waals surface area contributed by atoms with E-state index in [2.05, 4.69) is 15.7 Å². The van der Waals surface area contributed by atoms with E-state index in [1.54, 1.807) is 34.1 Å². The maximum atomic E-state index is 12.2. The number of para-hydroxylation sites is 1. The van der Waals surface area contributed by atoms with Gasteiger partial charge in [0.25, 0.3) is 0 Å². The lowest BCUT2D eigenvalue weighted by molar-refractivity contribution is -0.117. The van der Waals surface area contributed by atoms with Crippen LogP contribution in [-0.4, -0.2) is 34.3 Å². The third-order valence-corrected chi connectivity index (χ3v) is 4.31. The number of anilines is 2. The Hall–Kier alpha value is -2.54. The van der Waals surface area contributed by atoms with Gasteiger partial charge in [-0.1, -0.05) is 23.7 Å². The van der Waals surface area contributed by atoms with Crippen LogP contribution in [0.3, 0.4) is 0 Å². The van der Waals surface area contributed by atoms with E-state index in [1.165, 1.54) is 0 Å². The van der Waals surface area contributed by atoms with Gasteiger partial charge in [-0.3, -0.25) is 9.48 Å². The molecule has 1 aliphatic rings. The zero-order valence-electron chi connectivity index (χ0n) is 14.1. The molecule has 1 atom stereocenters. The first-order valence-electron chi connectivity index (χ1n) is 8.10. The van der Waals surface area contributed by atoms with E-state index >= 15 is 0 Å². The Morgan fingerprint density at radius 2 is 2.12 bits per heavy atom. The summed E-state index contributed by atoms with van der Waals surface area (Å²) in [5.41, 5.74) is 1.27. The number of carbonyl (C=O) groups is 2. The first-order valence-corrected chi connectivity index (χ1v) is 8.48. The monoisotopic (exact) mass is 361 g/mol. The number of amides is 3. The third-order valence-electron chi connectivity index (χ3n) is 3.99. The van der Waals surface area contributed by atoms with Gasteiger partial charge in [0.05, 0.1) is 28.6 Å². The second kappa shape index (κ2) is 7.14. The average molecular weight is 362 g/mol. The lowest BCUT2D eigenvalue weighted by Gasteiger charge is -2.18. The van der Waals surface area contributed by atoms with Crippen molar-refractivity contribution in [2.24, 2.45) is 0 Å².